The van der Waals surface area contributed by atoms with Gasteiger partial charge in [-0.05, 0) is 46.1 Å². The highest BCUT2D eigenvalue weighted by atomic mass is 35.5. The molecular weight excluding hydrogens is 278 g/mol. The summed E-state index contributed by atoms with van der Waals surface area (Å²) in [6.45, 7) is 7.19. The minimum Gasteiger partial charge on any atom is -0.480 e. The molecule has 0 saturated heterocycles. The maximum atomic E-state index is 11.4. The average molecular weight is 302 g/mol. The van der Waals surface area contributed by atoms with E-state index in [1.807, 2.05) is 18.5 Å². The van der Waals surface area contributed by atoms with E-state index in [4.69, 9.17) is 11.6 Å². The summed E-state index contributed by atoms with van der Waals surface area (Å²) < 4.78 is 1.86. The van der Waals surface area contributed by atoms with Crippen LogP contribution in [-0.4, -0.2) is 32.9 Å². The molecule has 114 valence electrons. The third-order valence-corrected chi connectivity index (χ3v) is 3.95. The zero-order valence-electron chi connectivity index (χ0n) is 12.4. The van der Waals surface area contributed by atoms with Crippen molar-refractivity contribution in [2.75, 3.05) is 6.54 Å². The maximum Gasteiger partial charge on any atom is 0.323 e. The van der Waals surface area contributed by atoms with Crippen LogP contribution in [-0.2, 0) is 11.3 Å². The van der Waals surface area contributed by atoms with E-state index in [9.17, 15) is 9.90 Å². The van der Waals surface area contributed by atoms with Crippen molar-refractivity contribution in [2.45, 2.75) is 58.5 Å². The van der Waals surface area contributed by atoms with E-state index >= 15 is 0 Å². The molecule has 1 aromatic rings. The molecule has 1 unspecified atom stereocenters. The van der Waals surface area contributed by atoms with Crippen molar-refractivity contribution >= 4 is 17.6 Å². The Labute approximate surface area is 125 Å². The fourth-order valence-corrected chi connectivity index (χ4v) is 2.20. The molecule has 0 aromatic carbocycles. The quantitative estimate of drug-likeness (QED) is 0.688. The first-order valence-corrected chi connectivity index (χ1v) is 7.45. The molecule has 0 amide bonds. The van der Waals surface area contributed by atoms with Crippen LogP contribution in [0, 0.1) is 6.92 Å². The Kier molecular flexibility index (Phi) is 6.49. The number of aromatic nitrogens is 2. The lowest BCUT2D eigenvalue weighted by Gasteiger charge is -2.26. The van der Waals surface area contributed by atoms with Crippen LogP contribution in [0.3, 0.4) is 0 Å². The van der Waals surface area contributed by atoms with Gasteiger partial charge in [-0.25, -0.2) is 0 Å². The predicted molar refractivity (Wildman–Crippen MR) is 80.2 cm³/mol. The lowest BCUT2D eigenvalue weighted by atomic mass is 9.94. The number of nitrogens with zero attached hydrogens (tertiary/aromatic N) is 2. The molecule has 1 atom stereocenters. The maximum absolute atomic E-state index is 11.4. The van der Waals surface area contributed by atoms with Gasteiger partial charge in [0.25, 0.3) is 0 Å². The Morgan fingerprint density at radius 3 is 2.75 bits per heavy atom. The first kappa shape index (κ1) is 17.0. The van der Waals surface area contributed by atoms with Crippen LogP contribution in [0.2, 0.25) is 5.02 Å². The van der Waals surface area contributed by atoms with Gasteiger partial charge in [0.1, 0.15) is 5.54 Å². The van der Waals surface area contributed by atoms with Gasteiger partial charge >= 0.3 is 5.97 Å². The van der Waals surface area contributed by atoms with E-state index < -0.39 is 11.5 Å². The third-order valence-electron chi connectivity index (χ3n) is 3.58. The molecule has 0 bridgehead atoms. The largest absolute Gasteiger partial charge is 0.480 e. The zero-order valence-corrected chi connectivity index (χ0v) is 13.2. The summed E-state index contributed by atoms with van der Waals surface area (Å²) in [5.74, 6) is -0.788. The van der Waals surface area contributed by atoms with Crippen molar-refractivity contribution in [1.29, 1.82) is 0 Å². The van der Waals surface area contributed by atoms with Gasteiger partial charge in [-0.15, -0.1) is 0 Å². The number of rotatable bonds is 9. The number of aliphatic carboxylic acids is 1. The highest BCUT2D eigenvalue weighted by Crippen LogP contribution is 2.17. The Bertz CT molecular complexity index is 448. The topological polar surface area (TPSA) is 67.2 Å². The number of carboxylic acid groups (broad SMARTS) is 1. The Balaban J connectivity index is 2.41. The molecule has 0 aliphatic rings. The van der Waals surface area contributed by atoms with Crippen LogP contribution in [0.25, 0.3) is 0 Å². The first-order chi connectivity index (χ1) is 9.40. The number of unbranched alkanes of at least 4 members (excludes halogenated alkanes) is 1. The molecule has 0 saturated carbocycles. The van der Waals surface area contributed by atoms with Crippen LogP contribution < -0.4 is 5.32 Å². The van der Waals surface area contributed by atoms with Crippen molar-refractivity contribution in [1.82, 2.24) is 15.1 Å². The van der Waals surface area contributed by atoms with E-state index in [2.05, 4.69) is 10.4 Å². The van der Waals surface area contributed by atoms with Crippen LogP contribution >= 0.6 is 11.6 Å². The molecule has 0 radical (unpaired) electrons. The molecule has 0 aliphatic heterocycles. The summed E-state index contributed by atoms with van der Waals surface area (Å²) in [6, 6.07) is 0. The highest BCUT2D eigenvalue weighted by molar-refractivity contribution is 6.31. The summed E-state index contributed by atoms with van der Waals surface area (Å²) in [5, 5.41) is 17.3. The van der Waals surface area contributed by atoms with E-state index in [0.717, 1.165) is 38.0 Å². The monoisotopic (exact) mass is 301 g/mol. The van der Waals surface area contributed by atoms with Gasteiger partial charge in [0.15, 0.2) is 0 Å². The SMILES string of the molecule is CCCNC(C)(CCCCn1ncc(Cl)c1C)C(=O)O. The molecule has 20 heavy (non-hydrogen) atoms. The smallest absolute Gasteiger partial charge is 0.323 e. The Morgan fingerprint density at radius 1 is 1.55 bits per heavy atom. The molecule has 1 aromatic heterocycles. The van der Waals surface area contributed by atoms with Crippen LogP contribution in [0.5, 0.6) is 0 Å². The highest BCUT2D eigenvalue weighted by Gasteiger charge is 2.31. The number of halogens is 1. The van der Waals surface area contributed by atoms with Gasteiger partial charge in [-0.1, -0.05) is 18.5 Å². The number of nitrogens with one attached hydrogen (secondary N) is 1. The summed E-state index contributed by atoms with van der Waals surface area (Å²) >= 11 is 5.94. The minimum atomic E-state index is -0.840. The zero-order chi connectivity index (χ0) is 15.2. The van der Waals surface area contributed by atoms with Crippen molar-refractivity contribution in [3.8, 4) is 0 Å². The van der Waals surface area contributed by atoms with E-state index in [1.165, 1.54) is 0 Å². The van der Waals surface area contributed by atoms with Crippen molar-refractivity contribution < 1.29 is 9.90 Å². The van der Waals surface area contributed by atoms with E-state index in [0.29, 0.717) is 11.4 Å². The lowest BCUT2D eigenvalue weighted by molar-refractivity contribution is -0.144. The number of hydrogen-bond acceptors (Lipinski definition) is 3. The predicted octanol–water partition coefficient (Wildman–Crippen LogP) is 2.86. The van der Waals surface area contributed by atoms with Crippen molar-refractivity contribution in [3.63, 3.8) is 0 Å². The number of aryl methyl sites for hydroxylation is 1. The molecule has 2 N–H and O–H groups in total. The van der Waals surface area contributed by atoms with Crippen molar-refractivity contribution in [3.05, 3.63) is 16.9 Å². The van der Waals surface area contributed by atoms with Gasteiger partial charge in [0.05, 0.1) is 16.9 Å². The van der Waals surface area contributed by atoms with E-state index in [-0.39, 0.29) is 0 Å². The van der Waals surface area contributed by atoms with Crippen LogP contribution in [0.4, 0.5) is 0 Å². The summed E-state index contributed by atoms with van der Waals surface area (Å²) in [6.07, 6.45) is 4.89. The third kappa shape index (κ3) is 4.49. The van der Waals surface area contributed by atoms with Gasteiger partial charge in [0.2, 0.25) is 0 Å². The molecular formula is C14H24ClN3O2. The number of carboxylic acids is 1. The van der Waals surface area contributed by atoms with Crippen LogP contribution in [0.1, 0.15) is 45.2 Å². The Morgan fingerprint density at radius 2 is 2.25 bits per heavy atom. The van der Waals surface area contributed by atoms with Gasteiger partial charge in [0, 0.05) is 6.54 Å². The molecule has 5 nitrogen and oxygen atoms in total. The molecule has 1 rings (SSSR count). The lowest BCUT2D eigenvalue weighted by Crippen LogP contribution is -2.49. The number of hydrogen-bond donors (Lipinski definition) is 2. The molecule has 0 aliphatic carbocycles. The second kappa shape index (κ2) is 7.64. The number of carbonyl (C=O) groups is 1. The minimum absolute atomic E-state index is 0.608. The molecule has 0 spiro atoms. The molecule has 6 heteroatoms. The first-order valence-electron chi connectivity index (χ1n) is 7.07. The fourth-order valence-electron chi connectivity index (χ4n) is 2.06. The van der Waals surface area contributed by atoms with Gasteiger partial charge in [-0.3, -0.25) is 9.48 Å². The van der Waals surface area contributed by atoms with Gasteiger partial charge < -0.3 is 10.4 Å². The average Bonchev–Trinajstić information content (AvgIpc) is 2.73. The summed E-state index contributed by atoms with van der Waals surface area (Å²) in [7, 11) is 0. The van der Waals surface area contributed by atoms with E-state index in [1.54, 1.807) is 13.1 Å². The molecule has 0 fully saturated rings. The summed E-state index contributed by atoms with van der Waals surface area (Å²) in [4.78, 5) is 11.4. The standard InChI is InChI=1S/C14H24ClN3O2/c1-4-8-16-14(3,13(19)20)7-5-6-9-18-11(2)12(15)10-17-18/h10,16H,4-9H2,1-3H3,(H,19,20). The van der Waals surface area contributed by atoms with Crippen molar-refractivity contribution in [2.24, 2.45) is 0 Å². The fraction of sp³-hybridized carbons (Fsp3) is 0.714. The summed E-state index contributed by atoms with van der Waals surface area (Å²) in [5.41, 5.74) is 0.115. The molecule has 1 heterocycles. The van der Waals surface area contributed by atoms with Crippen LogP contribution in [0.15, 0.2) is 6.20 Å². The van der Waals surface area contributed by atoms with Gasteiger partial charge in [-0.2, -0.15) is 5.10 Å². The Hall–Kier alpha value is -1.07. The second-order valence-electron chi connectivity index (χ2n) is 5.32. The normalized spacial score (nSPS) is 14.2. The second-order valence-corrected chi connectivity index (χ2v) is 5.73.